The fourth-order valence-electron chi connectivity index (χ4n) is 4.75. The fraction of sp³-hybridized carbons (Fsp3) is 0.519. The Morgan fingerprint density at radius 2 is 2.03 bits per heavy atom. The second-order valence-corrected chi connectivity index (χ2v) is 9.79. The number of benzene rings is 1. The summed E-state index contributed by atoms with van der Waals surface area (Å²) >= 11 is 0. The van der Waals surface area contributed by atoms with Crippen LogP contribution in [0.5, 0.6) is 5.75 Å². The van der Waals surface area contributed by atoms with Crippen LogP contribution >= 0.6 is 0 Å². The molecule has 4 rings (SSSR count). The predicted octanol–water partition coefficient (Wildman–Crippen LogP) is 3.52. The monoisotopic (exact) mass is 497 g/mol. The summed E-state index contributed by atoms with van der Waals surface area (Å²) in [6.07, 6.45) is -0.630. The van der Waals surface area contributed by atoms with E-state index >= 15 is 0 Å². The largest absolute Gasteiger partial charge is 0.491 e. The Labute approximate surface area is 211 Å². The van der Waals surface area contributed by atoms with Gasteiger partial charge in [-0.05, 0) is 64.8 Å². The molecule has 0 amide bonds. The molecule has 2 unspecified atom stereocenters. The Morgan fingerprint density at radius 1 is 1.25 bits per heavy atom. The van der Waals surface area contributed by atoms with Crippen LogP contribution in [0, 0.1) is 26.7 Å². The highest BCUT2D eigenvalue weighted by atomic mass is 19.1. The molecule has 9 heteroatoms. The molecule has 0 radical (unpaired) electrons. The van der Waals surface area contributed by atoms with Crippen LogP contribution in [0.3, 0.4) is 0 Å². The first kappa shape index (κ1) is 26.2. The van der Waals surface area contributed by atoms with Crippen LogP contribution in [0.1, 0.15) is 29.6 Å². The molecule has 0 bridgehead atoms. The maximum absolute atomic E-state index is 13.4. The fourth-order valence-corrected chi connectivity index (χ4v) is 4.75. The van der Waals surface area contributed by atoms with Gasteiger partial charge in [-0.15, -0.1) is 0 Å². The molecular formula is C27H36FN5O3. The number of nitrogens with one attached hydrogen (secondary N) is 1. The normalized spacial score (nSPS) is 16.1. The number of aliphatic hydroxyl groups is 1. The summed E-state index contributed by atoms with van der Waals surface area (Å²) in [5.41, 5.74) is 5.30. The van der Waals surface area contributed by atoms with Crippen molar-refractivity contribution in [2.24, 2.45) is 5.92 Å². The van der Waals surface area contributed by atoms with Crippen LogP contribution < -0.4 is 10.1 Å². The molecule has 1 saturated heterocycles. The van der Waals surface area contributed by atoms with Crippen LogP contribution in [0.15, 0.2) is 28.8 Å². The standard InChI is InChI=1S/C27H36FN5O3/c1-16(28)12-33-13-20(14-33)9-24-17(2)26(25-18(3)32-36-19(25)4)31-27(30-24)21-7-6-8-23(10-21)35-15-22(34)11-29-5/h6-8,10,16,20,22,29,34H,9,11-15H2,1-5H3. The van der Waals surface area contributed by atoms with Gasteiger partial charge in [0.1, 0.15) is 30.4 Å². The van der Waals surface area contributed by atoms with Crippen molar-refractivity contribution in [2.75, 3.05) is 39.8 Å². The number of likely N-dealkylation sites (tertiary alicyclic amines) is 1. The Kier molecular flexibility index (Phi) is 8.33. The van der Waals surface area contributed by atoms with Crippen LogP contribution in [0.4, 0.5) is 4.39 Å². The van der Waals surface area contributed by atoms with E-state index < -0.39 is 12.3 Å². The van der Waals surface area contributed by atoms with Crippen LogP contribution in [-0.4, -0.2) is 77.2 Å². The van der Waals surface area contributed by atoms with Crippen LogP contribution in [0.25, 0.3) is 22.6 Å². The molecule has 0 spiro atoms. The van der Waals surface area contributed by atoms with Crippen molar-refractivity contribution in [3.8, 4) is 28.4 Å². The molecule has 194 valence electrons. The Hall–Kier alpha value is -2.88. The lowest BCUT2D eigenvalue weighted by Gasteiger charge is -2.39. The molecule has 8 nitrogen and oxygen atoms in total. The Bertz CT molecular complexity index is 1160. The number of nitrogens with zero attached hydrogens (tertiary/aromatic N) is 4. The van der Waals surface area contributed by atoms with Gasteiger partial charge in [-0.2, -0.15) is 0 Å². The van der Waals surface area contributed by atoms with E-state index in [9.17, 15) is 9.50 Å². The number of rotatable bonds is 11. The molecule has 0 aliphatic carbocycles. The quantitative estimate of drug-likeness (QED) is 0.416. The van der Waals surface area contributed by atoms with Gasteiger partial charge in [-0.25, -0.2) is 14.4 Å². The number of hydrogen-bond donors (Lipinski definition) is 2. The van der Waals surface area contributed by atoms with Gasteiger partial charge in [0.15, 0.2) is 5.82 Å². The summed E-state index contributed by atoms with van der Waals surface area (Å²) in [4.78, 5) is 12.1. The molecule has 1 aliphatic heterocycles. The summed E-state index contributed by atoms with van der Waals surface area (Å²) in [6, 6.07) is 7.60. The van der Waals surface area contributed by atoms with Gasteiger partial charge in [0, 0.05) is 37.4 Å². The minimum atomic E-state index is -0.821. The van der Waals surface area contributed by atoms with E-state index in [-0.39, 0.29) is 6.61 Å². The molecule has 1 aromatic carbocycles. The molecular weight excluding hydrogens is 461 g/mol. The average Bonchev–Trinajstić information content (AvgIpc) is 3.15. The van der Waals surface area contributed by atoms with Gasteiger partial charge in [0.2, 0.25) is 0 Å². The lowest BCUT2D eigenvalue weighted by Crippen LogP contribution is -2.49. The van der Waals surface area contributed by atoms with Crippen molar-refractivity contribution in [3.05, 3.63) is 47.0 Å². The van der Waals surface area contributed by atoms with Crippen LogP contribution in [0.2, 0.25) is 0 Å². The minimum Gasteiger partial charge on any atom is -0.491 e. The van der Waals surface area contributed by atoms with E-state index in [2.05, 4.69) is 15.4 Å². The molecule has 3 heterocycles. The first-order chi connectivity index (χ1) is 17.2. The first-order valence-corrected chi connectivity index (χ1v) is 12.5. The van der Waals surface area contributed by atoms with E-state index in [1.54, 1.807) is 14.0 Å². The summed E-state index contributed by atoms with van der Waals surface area (Å²) in [7, 11) is 1.79. The van der Waals surface area contributed by atoms with E-state index in [0.717, 1.165) is 53.3 Å². The number of hydrogen-bond acceptors (Lipinski definition) is 8. The summed E-state index contributed by atoms with van der Waals surface area (Å²) < 4.78 is 24.6. The maximum atomic E-state index is 13.4. The van der Waals surface area contributed by atoms with Gasteiger partial charge < -0.3 is 19.7 Å². The molecule has 1 fully saturated rings. The van der Waals surface area contributed by atoms with Crippen molar-refractivity contribution in [1.29, 1.82) is 0 Å². The number of ether oxygens (including phenoxy) is 1. The van der Waals surface area contributed by atoms with E-state index in [1.165, 1.54) is 0 Å². The van der Waals surface area contributed by atoms with E-state index in [4.69, 9.17) is 19.2 Å². The number of aryl methyl sites for hydroxylation is 2. The molecule has 1 aliphatic rings. The van der Waals surface area contributed by atoms with E-state index in [1.807, 2.05) is 45.0 Å². The van der Waals surface area contributed by atoms with E-state index in [0.29, 0.717) is 36.3 Å². The topological polar surface area (TPSA) is 96.5 Å². The Balaban J connectivity index is 1.65. The highest BCUT2D eigenvalue weighted by molar-refractivity contribution is 5.71. The zero-order valence-electron chi connectivity index (χ0n) is 21.7. The lowest BCUT2D eigenvalue weighted by atomic mass is 9.91. The number of aliphatic hydroxyl groups excluding tert-OH is 1. The molecule has 3 aromatic rings. The van der Waals surface area contributed by atoms with Gasteiger partial charge in [-0.3, -0.25) is 4.90 Å². The zero-order valence-corrected chi connectivity index (χ0v) is 21.7. The Morgan fingerprint density at radius 3 is 2.69 bits per heavy atom. The SMILES string of the molecule is CNCC(O)COc1cccc(-c2nc(CC3CN(CC(C)F)C3)c(C)c(-c3c(C)noc3C)n2)c1. The van der Waals surface area contributed by atoms with Crippen molar-refractivity contribution in [3.63, 3.8) is 0 Å². The number of alkyl halides is 1. The summed E-state index contributed by atoms with van der Waals surface area (Å²) in [5, 5.41) is 17.1. The third-order valence-corrected chi connectivity index (χ3v) is 6.52. The van der Waals surface area contributed by atoms with Crippen molar-refractivity contribution >= 4 is 0 Å². The number of halogens is 1. The van der Waals surface area contributed by atoms with Gasteiger partial charge in [0.05, 0.1) is 17.0 Å². The maximum Gasteiger partial charge on any atom is 0.160 e. The predicted molar refractivity (Wildman–Crippen MR) is 137 cm³/mol. The molecule has 2 aromatic heterocycles. The van der Waals surface area contributed by atoms with Gasteiger partial charge in [-0.1, -0.05) is 17.3 Å². The second-order valence-electron chi connectivity index (χ2n) is 9.79. The molecule has 2 atom stereocenters. The minimum absolute atomic E-state index is 0.185. The van der Waals surface area contributed by atoms with Gasteiger partial charge in [0.25, 0.3) is 0 Å². The highest BCUT2D eigenvalue weighted by Gasteiger charge is 2.30. The van der Waals surface area contributed by atoms with Crippen molar-refractivity contribution < 1.29 is 18.8 Å². The van der Waals surface area contributed by atoms with Gasteiger partial charge >= 0.3 is 0 Å². The molecule has 2 N–H and O–H groups in total. The zero-order chi connectivity index (χ0) is 25.8. The lowest BCUT2D eigenvalue weighted by molar-refractivity contribution is 0.0743. The first-order valence-electron chi connectivity index (χ1n) is 12.5. The average molecular weight is 498 g/mol. The molecule has 0 saturated carbocycles. The summed E-state index contributed by atoms with van der Waals surface area (Å²) in [5.74, 6) is 2.38. The van der Waals surface area contributed by atoms with Crippen molar-refractivity contribution in [2.45, 2.75) is 46.4 Å². The highest BCUT2D eigenvalue weighted by Crippen LogP contribution is 2.33. The van der Waals surface area contributed by atoms with Crippen LogP contribution in [-0.2, 0) is 6.42 Å². The summed E-state index contributed by atoms with van der Waals surface area (Å²) in [6.45, 7) is 10.3. The number of likely N-dealkylation sites (N-methyl/N-ethyl adjacent to an activating group) is 1. The smallest absolute Gasteiger partial charge is 0.160 e. The third-order valence-electron chi connectivity index (χ3n) is 6.52. The number of aromatic nitrogens is 3. The molecule has 36 heavy (non-hydrogen) atoms. The second kappa shape index (κ2) is 11.5. The van der Waals surface area contributed by atoms with Crippen molar-refractivity contribution in [1.82, 2.24) is 25.3 Å². The third kappa shape index (κ3) is 6.08.